The number of nitrogen functional groups attached to an aromatic ring is 1. The Morgan fingerprint density at radius 1 is 1.29 bits per heavy atom. The van der Waals surface area contributed by atoms with Crippen LogP contribution in [0.2, 0.25) is 0 Å². The van der Waals surface area contributed by atoms with E-state index in [1.807, 2.05) is 0 Å². The number of aromatic nitrogens is 2. The molecule has 9 nitrogen and oxygen atoms in total. The van der Waals surface area contributed by atoms with Gasteiger partial charge in [0.1, 0.15) is 0 Å². The largest absolute Gasteiger partial charge is 0.451 e. The molecular formula is C8H9N5O4. The van der Waals surface area contributed by atoms with Crippen LogP contribution in [0.3, 0.4) is 0 Å². The van der Waals surface area contributed by atoms with Gasteiger partial charge in [-0.05, 0) is 0 Å². The number of carbonyl (C=O) groups is 3. The smallest absolute Gasteiger partial charge is 0.361 e. The van der Waals surface area contributed by atoms with Crippen molar-refractivity contribution in [3.05, 3.63) is 18.1 Å². The van der Waals surface area contributed by atoms with Gasteiger partial charge in [0.05, 0.1) is 0 Å². The van der Waals surface area contributed by atoms with Gasteiger partial charge in [0.15, 0.2) is 18.1 Å². The van der Waals surface area contributed by atoms with E-state index in [4.69, 9.17) is 5.73 Å². The third kappa shape index (κ3) is 3.74. The maximum Gasteiger partial charge on any atom is 0.361 e. The van der Waals surface area contributed by atoms with Crippen LogP contribution in [0.25, 0.3) is 0 Å². The number of nitrogens with zero attached hydrogens (tertiary/aromatic N) is 2. The van der Waals surface area contributed by atoms with Crippen LogP contribution in [0.15, 0.2) is 12.4 Å². The molecule has 17 heavy (non-hydrogen) atoms. The zero-order valence-electron chi connectivity index (χ0n) is 8.54. The van der Waals surface area contributed by atoms with Crippen molar-refractivity contribution >= 4 is 23.7 Å². The molecule has 0 radical (unpaired) electrons. The molecule has 3 amide bonds. The van der Waals surface area contributed by atoms with E-state index >= 15 is 0 Å². The number of nitrogens with one attached hydrogen (secondary N) is 1. The lowest BCUT2D eigenvalue weighted by Crippen LogP contribution is -2.37. The van der Waals surface area contributed by atoms with Gasteiger partial charge in [0.2, 0.25) is 0 Å². The van der Waals surface area contributed by atoms with E-state index in [0.29, 0.717) is 0 Å². The van der Waals surface area contributed by atoms with Crippen LogP contribution in [0.4, 0.5) is 10.6 Å². The molecule has 0 fully saturated rings. The number of esters is 1. The molecule has 0 aliphatic rings. The van der Waals surface area contributed by atoms with Gasteiger partial charge in [-0.25, -0.2) is 19.6 Å². The molecule has 5 N–H and O–H groups in total. The molecule has 0 aromatic carbocycles. The molecular weight excluding hydrogens is 230 g/mol. The first-order chi connectivity index (χ1) is 8.00. The van der Waals surface area contributed by atoms with Crippen molar-refractivity contribution < 1.29 is 19.1 Å². The molecule has 0 saturated heterocycles. The van der Waals surface area contributed by atoms with E-state index in [-0.39, 0.29) is 11.5 Å². The molecule has 0 bridgehead atoms. The lowest BCUT2D eigenvalue weighted by atomic mass is 10.4. The number of rotatable bonds is 3. The number of amides is 3. The maximum absolute atomic E-state index is 11.4. The van der Waals surface area contributed by atoms with Gasteiger partial charge in [-0.3, -0.25) is 10.1 Å². The zero-order valence-corrected chi connectivity index (χ0v) is 8.54. The Bertz CT molecular complexity index is 461. The summed E-state index contributed by atoms with van der Waals surface area (Å²) < 4.78 is 4.53. The number of nitrogens with two attached hydrogens (primary N) is 2. The maximum atomic E-state index is 11.4. The SMILES string of the molecule is NC(=O)NC(=O)COC(=O)c1nccnc1N. The Hall–Kier alpha value is -2.71. The summed E-state index contributed by atoms with van der Waals surface area (Å²) in [5.74, 6) is -1.89. The second-order valence-corrected chi connectivity index (χ2v) is 2.78. The topological polar surface area (TPSA) is 150 Å². The van der Waals surface area contributed by atoms with Crippen LogP contribution in [-0.2, 0) is 9.53 Å². The lowest BCUT2D eigenvalue weighted by Gasteiger charge is -2.04. The summed E-state index contributed by atoms with van der Waals surface area (Å²) in [5.41, 5.74) is 9.83. The van der Waals surface area contributed by atoms with Crippen molar-refractivity contribution in [3.63, 3.8) is 0 Å². The van der Waals surface area contributed by atoms with E-state index in [0.717, 1.165) is 0 Å². The number of ether oxygens (including phenoxy) is 1. The number of hydrogen-bond donors (Lipinski definition) is 3. The van der Waals surface area contributed by atoms with Gasteiger partial charge in [-0.2, -0.15) is 0 Å². The number of carbonyl (C=O) groups excluding carboxylic acids is 3. The Balaban J connectivity index is 2.54. The minimum atomic E-state index is -1.04. The van der Waals surface area contributed by atoms with E-state index in [2.05, 4.69) is 20.4 Å². The fourth-order valence-electron chi connectivity index (χ4n) is 0.879. The number of imide groups is 1. The van der Waals surface area contributed by atoms with Crippen LogP contribution in [0.5, 0.6) is 0 Å². The Morgan fingerprint density at radius 2 is 1.94 bits per heavy atom. The molecule has 1 rings (SSSR count). The monoisotopic (exact) mass is 239 g/mol. The van der Waals surface area contributed by atoms with Gasteiger partial charge in [-0.15, -0.1) is 0 Å². The van der Waals surface area contributed by atoms with Gasteiger partial charge in [-0.1, -0.05) is 0 Å². The minimum absolute atomic E-state index is 0.118. The Morgan fingerprint density at radius 3 is 2.53 bits per heavy atom. The van der Waals surface area contributed by atoms with E-state index < -0.39 is 24.5 Å². The molecule has 1 aromatic heterocycles. The van der Waals surface area contributed by atoms with Crippen LogP contribution in [0.1, 0.15) is 10.5 Å². The third-order valence-electron chi connectivity index (χ3n) is 1.52. The second kappa shape index (κ2) is 5.39. The fraction of sp³-hybridized carbons (Fsp3) is 0.125. The summed E-state index contributed by atoms with van der Waals surface area (Å²) in [5, 5.41) is 1.72. The van der Waals surface area contributed by atoms with E-state index in [9.17, 15) is 14.4 Å². The first-order valence-electron chi connectivity index (χ1n) is 4.33. The summed E-state index contributed by atoms with van der Waals surface area (Å²) in [7, 11) is 0. The van der Waals surface area contributed by atoms with Gasteiger partial charge in [0, 0.05) is 12.4 Å². The molecule has 0 aliphatic heterocycles. The summed E-state index contributed by atoms with van der Waals surface area (Å²) >= 11 is 0. The fourth-order valence-corrected chi connectivity index (χ4v) is 0.879. The molecule has 9 heteroatoms. The number of anilines is 1. The zero-order chi connectivity index (χ0) is 12.8. The molecule has 90 valence electrons. The van der Waals surface area contributed by atoms with Crippen molar-refractivity contribution in [1.82, 2.24) is 15.3 Å². The first kappa shape index (κ1) is 12.4. The van der Waals surface area contributed by atoms with Crippen molar-refractivity contribution in [1.29, 1.82) is 0 Å². The standard InChI is InChI=1S/C8H9N5O4/c9-6-5(11-1-2-12-6)7(15)17-3-4(14)13-8(10)16/h1-2H,3H2,(H2,9,12)(H3,10,13,14,16). The van der Waals surface area contributed by atoms with Gasteiger partial charge in [0.25, 0.3) is 5.91 Å². The first-order valence-corrected chi connectivity index (χ1v) is 4.33. The number of urea groups is 1. The van der Waals surface area contributed by atoms with Gasteiger partial charge < -0.3 is 16.2 Å². The van der Waals surface area contributed by atoms with Crippen LogP contribution >= 0.6 is 0 Å². The van der Waals surface area contributed by atoms with E-state index in [1.54, 1.807) is 5.32 Å². The molecule has 0 aliphatic carbocycles. The van der Waals surface area contributed by atoms with Crippen molar-refractivity contribution in [2.45, 2.75) is 0 Å². The second-order valence-electron chi connectivity index (χ2n) is 2.78. The third-order valence-corrected chi connectivity index (χ3v) is 1.52. The van der Waals surface area contributed by atoms with E-state index in [1.165, 1.54) is 12.4 Å². The molecule has 0 unspecified atom stereocenters. The summed E-state index contributed by atoms with van der Waals surface area (Å²) in [6.45, 7) is -0.669. The highest BCUT2D eigenvalue weighted by Gasteiger charge is 2.15. The van der Waals surface area contributed by atoms with Gasteiger partial charge >= 0.3 is 12.0 Å². The summed E-state index contributed by atoms with van der Waals surface area (Å²) in [6.07, 6.45) is 2.54. The predicted molar refractivity (Wildman–Crippen MR) is 54.5 cm³/mol. The molecule has 1 heterocycles. The quantitative estimate of drug-likeness (QED) is 0.538. The summed E-state index contributed by atoms with van der Waals surface area (Å²) in [6, 6.07) is -1.04. The number of hydrogen-bond acceptors (Lipinski definition) is 7. The highest BCUT2D eigenvalue weighted by atomic mass is 16.5. The molecule has 0 spiro atoms. The normalized spacial score (nSPS) is 9.41. The van der Waals surface area contributed by atoms with Crippen molar-refractivity contribution in [2.75, 3.05) is 12.3 Å². The van der Waals surface area contributed by atoms with Crippen molar-refractivity contribution in [2.24, 2.45) is 5.73 Å². The number of primary amides is 1. The molecule has 0 atom stereocenters. The van der Waals surface area contributed by atoms with Crippen LogP contribution in [-0.4, -0.2) is 34.5 Å². The molecule has 1 aromatic rings. The lowest BCUT2D eigenvalue weighted by molar-refractivity contribution is -0.123. The Kier molecular flexibility index (Phi) is 3.92. The summed E-state index contributed by atoms with van der Waals surface area (Å²) in [4.78, 5) is 39.8. The predicted octanol–water partition coefficient (Wildman–Crippen LogP) is -1.59. The highest BCUT2D eigenvalue weighted by Crippen LogP contribution is 2.04. The highest BCUT2D eigenvalue weighted by molar-refractivity contribution is 5.97. The van der Waals surface area contributed by atoms with Crippen LogP contribution < -0.4 is 16.8 Å². The minimum Gasteiger partial charge on any atom is -0.451 e. The van der Waals surface area contributed by atoms with Crippen molar-refractivity contribution in [3.8, 4) is 0 Å². The average molecular weight is 239 g/mol. The average Bonchev–Trinajstić information content (AvgIpc) is 2.25. The molecule has 0 saturated carbocycles. The van der Waals surface area contributed by atoms with Crippen LogP contribution in [0, 0.1) is 0 Å². The Labute approximate surface area is 95.2 Å².